The van der Waals surface area contributed by atoms with Crippen LogP contribution < -0.4 is 35.5 Å². The van der Waals surface area contributed by atoms with E-state index in [9.17, 15) is 38.7 Å². The van der Waals surface area contributed by atoms with Crippen LogP contribution in [0.3, 0.4) is 0 Å². The Hall–Kier alpha value is -5.69. The summed E-state index contributed by atoms with van der Waals surface area (Å²) in [5, 5.41) is 65.0. The van der Waals surface area contributed by atoms with Gasteiger partial charge in [0.15, 0.2) is 27.6 Å². The second-order valence-corrected chi connectivity index (χ2v) is 16.4. The molecule has 6 rings (SSSR count). The van der Waals surface area contributed by atoms with Crippen LogP contribution in [0, 0.1) is 42.4 Å². The zero-order valence-electron chi connectivity index (χ0n) is 37.3. The number of rotatable bonds is 18. The lowest BCUT2D eigenvalue weighted by atomic mass is 10.0. The predicted molar refractivity (Wildman–Crippen MR) is 244 cm³/mol. The Bertz CT molecular complexity index is 2530. The summed E-state index contributed by atoms with van der Waals surface area (Å²) in [7, 11) is 1.52. The molecule has 0 aliphatic heterocycles. The average molecular weight is 992 g/mol. The highest BCUT2D eigenvalue weighted by Gasteiger charge is 2.47. The molecule has 7 unspecified atom stereocenters. The van der Waals surface area contributed by atoms with Crippen molar-refractivity contribution in [1.82, 2.24) is 29.9 Å². The van der Waals surface area contributed by atoms with E-state index in [4.69, 9.17) is 42.1 Å². The minimum Gasteiger partial charge on any atom is -0.482 e. The lowest BCUT2D eigenvalue weighted by Crippen LogP contribution is -2.48. The topological polar surface area (TPSA) is 264 Å². The molecular formula is C44H51Cl2F3N10O9. The molecule has 0 bridgehead atoms. The van der Waals surface area contributed by atoms with Crippen molar-refractivity contribution < 1.29 is 57.7 Å². The maximum atomic E-state index is 13.2. The van der Waals surface area contributed by atoms with Gasteiger partial charge >= 0.3 is 6.18 Å². The van der Waals surface area contributed by atoms with E-state index in [1.54, 1.807) is 26.0 Å². The maximum absolute atomic E-state index is 13.2. The quantitative estimate of drug-likeness (QED) is 0.0297. The van der Waals surface area contributed by atoms with Gasteiger partial charge in [-0.25, -0.2) is 9.97 Å². The molecule has 4 aromatic rings. The van der Waals surface area contributed by atoms with Crippen molar-refractivity contribution in [3.05, 3.63) is 62.6 Å². The molecule has 2 fully saturated rings. The molecule has 19 nitrogen and oxygen atoms in total. The van der Waals surface area contributed by atoms with Crippen molar-refractivity contribution in [2.24, 2.45) is 11.8 Å². The molecule has 2 saturated carbocycles. The number of alkyl halides is 3. The number of nitrogens with one attached hydrogen (secondary N) is 4. The SMILES string of the molecule is CCOc1ccc(C#Cc2c(Cl)nc(NCC(F)(F)F)nc2NC2CC(CO)C(Oc3cc(C#Cc4c(Cl)nc(NCCOC)nc4NC4(O)CCC(CO)C4O)cnc3OCC)C2O)c(C)n1. The van der Waals surface area contributed by atoms with Crippen molar-refractivity contribution in [2.75, 3.05) is 74.5 Å². The number of pyridine rings is 2. The molecule has 366 valence electrons. The van der Waals surface area contributed by atoms with Gasteiger partial charge in [-0.15, -0.1) is 0 Å². The second-order valence-electron chi connectivity index (χ2n) is 15.7. The molecule has 0 spiro atoms. The van der Waals surface area contributed by atoms with Crippen LogP contribution >= 0.6 is 23.2 Å². The van der Waals surface area contributed by atoms with Crippen LogP contribution in [0.15, 0.2) is 24.4 Å². The van der Waals surface area contributed by atoms with Crippen LogP contribution in [0.25, 0.3) is 0 Å². The highest BCUT2D eigenvalue weighted by molar-refractivity contribution is 6.31. The molecule has 4 heterocycles. The number of aliphatic hydroxyl groups excluding tert-OH is 4. The third-order valence-corrected chi connectivity index (χ3v) is 11.4. The monoisotopic (exact) mass is 990 g/mol. The van der Waals surface area contributed by atoms with Gasteiger partial charge in [0.1, 0.15) is 41.8 Å². The first-order chi connectivity index (χ1) is 32.5. The number of aliphatic hydroxyl groups is 5. The minimum atomic E-state index is -4.61. The van der Waals surface area contributed by atoms with Gasteiger partial charge in [-0.05, 0) is 46.1 Å². The van der Waals surface area contributed by atoms with Crippen LogP contribution in [0.4, 0.5) is 36.7 Å². The summed E-state index contributed by atoms with van der Waals surface area (Å²) in [5.41, 5.74) is -0.555. The molecular weight excluding hydrogens is 940 g/mol. The molecule has 68 heavy (non-hydrogen) atoms. The van der Waals surface area contributed by atoms with Crippen LogP contribution in [-0.2, 0) is 4.74 Å². The van der Waals surface area contributed by atoms with Gasteiger partial charge in [0.2, 0.25) is 17.8 Å². The Morgan fingerprint density at radius 2 is 1.56 bits per heavy atom. The van der Waals surface area contributed by atoms with E-state index in [0.717, 1.165) is 0 Å². The van der Waals surface area contributed by atoms with E-state index in [1.165, 1.54) is 19.4 Å². The number of anilines is 4. The van der Waals surface area contributed by atoms with Crippen LogP contribution in [0.1, 0.15) is 61.1 Å². The molecule has 9 N–H and O–H groups in total. The van der Waals surface area contributed by atoms with Crippen molar-refractivity contribution in [2.45, 2.75) is 76.3 Å². The summed E-state index contributed by atoms with van der Waals surface area (Å²) in [4.78, 5) is 25.8. The third kappa shape index (κ3) is 12.9. The highest BCUT2D eigenvalue weighted by Crippen LogP contribution is 2.38. The Morgan fingerprint density at radius 1 is 0.882 bits per heavy atom. The van der Waals surface area contributed by atoms with Crippen molar-refractivity contribution >= 4 is 46.7 Å². The van der Waals surface area contributed by atoms with Gasteiger partial charge < -0.3 is 65.7 Å². The lowest BCUT2D eigenvalue weighted by molar-refractivity contribution is -0.115. The molecule has 24 heteroatoms. The molecule has 4 aromatic heterocycles. The normalized spacial score (nSPS) is 22.1. The summed E-state index contributed by atoms with van der Waals surface area (Å²) in [5.74, 6) is 10.3. The zero-order chi connectivity index (χ0) is 49.2. The third-order valence-electron chi connectivity index (χ3n) is 10.9. The smallest absolute Gasteiger partial charge is 0.405 e. The number of hydrogen-bond donors (Lipinski definition) is 9. The molecule has 0 amide bonds. The summed E-state index contributed by atoms with van der Waals surface area (Å²) >= 11 is 13.2. The first-order valence-electron chi connectivity index (χ1n) is 21.5. The summed E-state index contributed by atoms with van der Waals surface area (Å²) in [6, 6.07) is 3.87. The standard InChI is InChI=1S/C44H51Cl2F3N10O9/c1-5-66-32-12-9-25(23(3)53-32)8-11-28-36(45)56-42(52-22-44(47,48)49)57-38(28)54-30-18-27(21-61)34(33(30)62)68-31-17-24(19-51-40(31)67-6-2)7-10-29-37(46)55-41(50-15-16-65-4)58-39(29)59-43(64)14-13-26(20-60)35(43)63/h9,12,17,19,26-27,30,33-35,60-64H,5-6,13-16,18,20-22H2,1-4H3,(H2,50,55,58,59)(H2,52,54,56,57). The van der Waals surface area contributed by atoms with Gasteiger partial charge in [0.25, 0.3) is 5.88 Å². The van der Waals surface area contributed by atoms with E-state index >= 15 is 0 Å². The molecule has 2 aliphatic carbocycles. The first-order valence-corrected chi connectivity index (χ1v) is 22.2. The lowest BCUT2D eigenvalue weighted by Gasteiger charge is -2.30. The number of hydrogen-bond acceptors (Lipinski definition) is 19. The Kier molecular flexibility index (Phi) is 17.5. The summed E-state index contributed by atoms with van der Waals surface area (Å²) in [6.45, 7) is 4.20. The zero-order valence-corrected chi connectivity index (χ0v) is 38.8. The second kappa shape index (κ2) is 23.1. The minimum absolute atomic E-state index is 0.00697. The summed E-state index contributed by atoms with van der Waals surface area (Å²) in [6.07, 6.45) is -6.61. The largest absolute Gasteiger partial charge is 0.482 e. The number of halogens is 5. The number of nitrogens with zero attached hydrogens (tertiary/aromatic N) is 6. The average Bonchev–Trinajstić information content (AvgIpc) is 3.75. The Morgan fingerprint density at radius 3 is 2.21 bits per heavy atom. The van der Waals surface area contributed by atoms with Gasteiger partial charge in [0.05, 0.1) is 31.6 Å². The van der Waals surface area contributed by atoms with E-state index in [2.05, 4.69) is 74.9 Å². The van der Waals surface area contributed by atoms with Gasteiger partial charge in [-0.1, -0.05) is 46.9 Å². The van der Waals surface area contributed by atoms with Crippen molar-refractivity contribution in [3.8, 4) is 41.2 Å². The predicted octanol–water partition coefficient (Wildman–Crippen LogP) is 3.77. The molecule has 0 saturated heterocycles. The highest BCUT2D eigenvalue weighted by atomic mass is 35.5. The molecule has 2 aliphatic rings. The van der Waals surface area contributed by atoms with Crippen LogP contribution in [0.2, 0.25) is 10.3 Å². The van der Waals surface area contributed by atoms with E-state index in [-0.39, 0.29) is 82.3 Å². The fraction of sp³-hybridized carbons (Fsp3) is 0.500. The number of methoxy groups -OCH3 is 1. The maximum Gasteiger partial charge on any atom is 0.405 e. The van der Waals surface area contributed by atoms with E-state index in [0.29, 0.717) is 43.3 Å². The van der Waals surface area contributed by atoms with Crippen molar-refractivity contribution in [3.63, 3.8) is 0 Å². The Labute approximate surface area is 399 Å². The van der Waals surface area contributed by atoms with Crippen LogP contribution in [-0.4, -0.2) is 145 Å². The number of aromatic nitrogens is 6. The molecule has 0 aromatic carbocycles. The van der Waals surface area contributed by atoms with Crippen molar-refractivity contribution in [1.29, 1.82) is 0 Å². The number of aryl methyl sites for hydroxylation is 1. The van der Waals surface area contributed by atoms with E-state index < -0.39 is 67.2 Å². The van der Waals surface area contributed by atoms with Gasteiger partial charge in [0, 0.05) is 68.2 Å². The summed E-state index contributed by atoms with van der Waals surface area (Å²) < 4.78 is 62.3. The fourth-order valence-electron chi connectivity index (χ4n) is 7.43. The fourth-order valence-corrected chi connectivity index (χ4v) is 7.86. The van der Waals surface area contributed by atoms with Gasteiger partial charge in [-0.3, -0.25) is 0 Å². The molecule has 7 atom stereocenters. The number of ether oxygens (including phenoxy) is 4. The van der Waals surface area contributed by atoms with Gasteiger partial charge in [-0.2, -0.15) is 33.1 Å². The van der Waals surface area contributed by atoms with Crippen LogP contribution in [0.5, 0.6) is 17.5 Å². The first kappa shape index (κ1) is 51.7. The van der Waals surface area contributed by atoms with E-state index in [1.807, 2.05) is 6.92 Å². The molecule has 0 radical (unpaired) electrons. The Balaban J connectivity index is 1.30.